The minimum absolute atomic E-state index is 0.257. The van der Waals surface area contributed by atoms with Gasteiger partial charge in [0.15, 0.2) is 0 Å². The van der Waals surface area contributed by atoms with Gasteiger partial charge in [0.05, 0.1) is 4.90 Å². The molecule has 0 radical (unpaired) electrons. The molecule has 1 aromatic rings. The molecule has 0 amide bonds. The van der Waals surface area contributed by atoms with Crippen LogP contribution >= 0.6 is 0 Å². The number of hydrogen-bond acceptors (Lipinski definition) is 4. The van der Waals surface area contributed by atoms with Crippen molar-refractivity contribution in [3.8, 4) is 0 Å². The summed E-state index contributed by atoms with van der Waals surface area (Å²) in [5.74, 6) is 5.21. The highest BCUT2D eigenvalue weighted by Crippen LogP contribution is 2.12. The lowest BCUT2D eigenvalue weighted by Crippen LogP contribution is -2.24. The number of sulfonamides is 1. The molecule has 17 heavy (non-hydrogen) atoms. The first kappa shape index (κ1) is 14.0. The molecular weight excluding hydrogens is 238 g/mol. The average Bonchev–Trinajstić information content (AvgIpc) is 2.35. The molecule has 0 aliphatic heterocycles. The fraction of sp³-hybridized carbons (Fsp3) is 0.455. The van der Waals surface area contributed by atoms with Gasteiger partial charge in [-0.2, -0.15) is 0 Å². The van der Waals surface area contributed by atoms with E-state index in [9.17, 15) is 8.42 Å². The first-order chi connectivity index (χ1) is 8.10. The van der Waals surface area contributed by atoms with Gasteiger partial charge in [-0.3, -0.25) is 5.84 Å². The summed E-state index contributed by atoms with van der Waals surface area (Å²) in [7, 11) is -3.38. The Morgan fingerprint density at radius 2 is 1.82 bits per heavy atom. The number of nitrogens with two attached hydrogens (primary N) is 1. The number of anilines is 1. The number of unbranched alkanes of at least 4 members (excludes halogenated alkanes) is 2. The van der Waals surface area contributed by atoms with Gasteiger partial charge in [-0.25, -0.2) is 13.1 Å². The van der Waals surface area contributed by atoms with E-state index in [0.29, 0.717) is 12.2 Å². The van der Waals surface area contributed by atoms with Gasteiger partial charge in [0.1, 0.15) is 0 Å². The largest absolute Gasteiger partial charge is 0.324 e. The molecule has 1 rings (SSSR count). The highest BCUT2D eigenvalue weighted by molar-refractivity contribution is 7.89. The molecule has 0 aliphatic carbocycles. The normalized spacial score (nSPS) is 11.4. The second-order valence-electron chi connectivity index (χ2n) is 3.77. The summed E-state index contributed by atoms with van der Waals surface area (Å²) < 4.78 is 26.2. The summed E-state index contributed by atoms with van der Waals surface area (Å²) in [6.07, 6.45) is 2.95. The van der Waals surface area contributed by atoms with E-state index in [0.717, 1.165) is 19.3 Å². The molecule has 0 unspecified atom stereocenters. The van der Waals surface area contributed by atoms with Gasteiger partial charge in [-0.05, 0) is 30.7 Å². The van der Waals surface area contributed by atoms with Crippen molar-refractivity contribution in [2.45, 2.75) is 31.1 Å². The van der Waals surface area contributed by atoms with E-state index in [1.807, 2.05) is 0 Å². The third kappa shape index (κ3) is 4.33. The second kappa shape index (κ2) is 6.58. The second-order valence-corrected chi connectivity index (χ2v) is 5.54. The van der Waals surface area contributed by atoms with Crippen molar-refractivity contribution in [2.75, 3.05) is 12.0 Å². The fourth-order valence-corrected chi connectivity index (χ4v) is 2.47. The molecule has 0 heterocycles. The molecule has 0 aliphatic rings. The Bertz CT molecular complexity index is 429. The van der Waals surface area contributed by atoms with Gasteiger partial charge < -0.3 is 5.43 Å². The predicted octanol–water partition coefficient (Wildman–Crippen LogP) is 1.44. The summed E-state index contributed by atoms with van der Waals surface area (Å²) in [4.78, 5) is 0.257. The van der Waals surface area contributed by atoms with Crippen LogP contribution in [0, 0.1) is 0 Å². The van der Waals surface area contributed by atoms with Crippen molar-refractivity contribution in [1.29, 1.82) is 0 Å². The molecule has 6 heteroatoms. The van der Waals surface area contributed by atoms with Crippen molar-refractivity contribution in [3.05, 3.63) is 24.3 Å². The maximum absolute atomic E-state index is 11.8. The lowest BCUT2D eigenvalue weighted by molar-refractivity contribution is 0.576. The number of rotatable bonds is 7. The zero-order chi connectivity index (χ0) is 12.7. The number of nitrogens with one attached hydrogen (secondary N) is 2. The van der Waals surface area contributed by atoms with E-state index in [1.165, 1.54) is 12.1 Å². The quantitative estimate of drug-likeness (QED) is 0.392. The zero-order valence-corrected chi connectivity index (χ0v) is 10.8. The molecule has 0 atom stereocenters. The maximum atomic E-state index is 11.8. The number of nitrogen functional groups attached to an aromatic ring is 1. The summed E-state index contributed by atoms with van der Waals surface area (Å²) >= 11 is 0. The Balaban J connectivity index is 2.62. The van der Waals surface area contributed by atoms with Crippen molar-refractivity contribution in [2.24, 2.45) is 5.84 Å². The van der Waals surface area contributed by atoms with Crippen LogP contribution in [0.15, 0.2) is 29.2 Å². The lowest BCUT2D eigenvalue weighted by Gasteiger charge is -2.07. The van der Waals surface area contributed by atoms with Gasteiger partial charge in [0.2, 0.25) is 10.0 Å². The first-order valence-electron chi connectivity index (χ1n) is 5.66. The molecule has 0 bridgehead atoms. The van der Waals surface area contributed by atoms with Crippen LogP contribution in [0.4, 0.5) is 5.69 Å². The topological polar surface area (TPSA) is 84.2 Å². The molecule has 5 nitrogen and oxygen atoms in total. The zero-order valence-electron chi connectivity index (χ0n) is 9.94. The van der Waals surface area contributed by atoms with Crippen molar-refractivity contribution < 1.29 is 8.42 Å². The van der Waals surface area contributed by atoms with Crippen LogP contribution in [-0.4, -0.2) is 15.0 Å². The van der Waals surface area contributed by atoms with Crippen LogP contribution in [0.2, 0.25) is 0 Å². The highest BCUT2D eigenvalue weighted by atomic mass is 32.2. The molecule has 0 spiro atoms. The minimum atomic E-state index is -3.38. The van der Waals surface area contributed by atoms with E-state index in [1.54, 1.807) is 12.1 Å². The molecule has 0 saturated heterocycles. The van der Waals surface area contributed by atoms with Gasteiger partial charge in [-0.1, -0.05) is 19.8 Å². The SMILES string of the molecule is CCCCCNS(=O)(=O)c1ccc(NN)cc1. The minimum Gasteiger partial charge on any atom is -0.324 e. The van der Waals surface area contributed by atoms with Crippen LogP contribution in [0.25, 0.3) is 0 Å². The summed E-state index contributed by atoms with van der Waals surface area (Å²) in [6.45, 7) is 2.56. The maximum Gasteiger partial charge on any atom is 0.240 e. The van der Waals surface area contributed by atoms with Crippen LogP contribution < -0.4 is 16.0 Å². The number of hydrogen-bond donors (Lipinski definition) is 3. The molecule has 0 aromatic heterocycles. The standard InChI is InChI=1S/C11H19N3O2S/c1-2-3-4-9-13-17(15,16)11-7-5-10(14-12)6-8-11/h5-8,13-14H,2-4,9,12H2,1H3. The molecule has 0 fully saturated rings. The van der Waals surface area contributed by atoms with E-state index in [2.05, 4.69) is 17.1 Å². The molecule has 96 valence electrons. The Morgan fingerprint density at radius 1 is 1.18 bits per heavy atom. The van der Waals surface area contributed by atoms with Gasteiger partial charge in [0.25, 0.3) is 0 Å². The third-order valence-electron chi connectivity index (χ3n) is 2.40. The van der Waals surface area contributed by atoms with E-state index in [4.69, 9.17) is 5.84 Å². The molecule has 0 saturated carbocycles. The fourth-order valence-electron chi connectivity index (χ4n) is 1.40. The predicted molar refractivity (Wildman–Crippen MR) is 69.0 cm³/mol. The number of benzene rings is 1. The van der Waals surface area contributed by atoms with E-state index in [-0.39, 0.29) is 4.90 Å². The van der Waals surface area contributed by atoms with Gasteiger partial charge >= 0.3 is 0 Å². The van der Waals surface area contributed by atoms with Crippen LogP contribution in [0.5, 0.6) is 0 Å². The Morgan fingerprint density at radius 3 is 2.35 bits per heavy atom. The Kier molecular flexibility index (Phi) is 5.40. The Hall–Kier alpha value is -1.11. The third-order valence-corrected chi connectivity index (χ3v) is 3.88. The van der Waals surface area contributed by atoms with Crippen LogP contribution in [0.1, 0.15) is 26.2 Å². The summed E-state index contributed by atoms with van der Waals surface area (Å²) in [6, 6.07) is 6.30. The summed E-state index contributed by atoms with van der Waals surface area (Å²) in [5, 5.41) is 0. The molecule has 4 N–H and O–H groups in total. The highest BCUT2D eigenvalue weighted by Gasteiger charge is 2.12. The Labute approximate surface area is 102 Å². The smallest absolute Gasteiger partial charge is 0.240 e. The van der Waals surface area contributed by atoms with Crippen molar-refractivity contribution in [3.63, 3.8) is 0 Å². The summed E-state index contributed by atoms with van der Waals surface area (Å²) in [5.41, 5.74) is 3.13. The average molecular weight is 257 g/mol. The van der Waals surface area contributed by atoms with Gasteiger partial charge in [-0.15, -0.1) is 0 Å². The van der Waals surface area contributed by atoms with Crippen molar-refractivity contribution >= 4 is 15.7 Å². The first-order valence-corrected chi connectivity index (χ1v) is 7.15. The van der Waals surface area contributed by atoms with Crippen LogP contribution in [-0.2, 0) is 10.0 Å². The van der Waals surface area contributed by atoms with Gasteiger partial charge in [0, 0.05) is 12.2 Å². The van der Waals surface area contributed by atoms with Crippen molar-refractivity contribution in [1.82, 2.24) is 4.72 Å². The van der Waals surface area contributed by atoms with E-state index < -0.39 is 10.0 Å². The monoisotopic (exact) mass is 257 g/mol. The van der Waals surface area contributed by atoms with E-state index >= 15 is 0 Å². The molecular formula is C11H19N3O2S. The van der Waals surface area contributed by atoms with Crippen LogP contribution in [0.3, 0.4) is 0 Å². The molecule has 1 aromatic carbocycles. The lowest BCUT2D eigenvalue weighted by atomic mass is 10.3. The number of hydrazine groups is 1.